The highest BCUT2D eigenvalue weighted by Crippen LogP contribution is 2.32. The average Bonchev–Trinajstić information content (AvgIpc) is 3.03. The number of carbonyl (C=O) groups excluding carboxylic acids is 1. The van der Waals surface area contributed by atoms with E-state index >= 15 is 0 Å². The van der Waals surface area contributed by atoms with Gasteiger partial charge >= 0.3 is 0 Å². The van der Waals surface area contributed by atoms with Gasteiger partial charge in [0, 0.05) is 28.7 Å². The van der Waals surface area contributed by atoms with E-state index in [2.05, 4.69) is 4.98 Å². The molecule has 3 aromatic rings. The van der Waals surface area contributed by atoms with Crippen molar-refractivity contribution in [3.05, 3.63) is 52.0 Å². The molecule has 0 saturated carbocycles. The lowest BCUT2D eigenvalue weighted by Gasteiger charge is -2.22. The van der Waals surface area contributed by atoms with Gasteiger partial charge in [0.05, 0.1) is 17.3 Å². The number of methoxy groups -OCH3 is 1. The van der Waals surface area contributed by atoms with E-state index in [1.165, 1.54) is 11.3 Å². The first-order chi connectivity index (χ1) is 12.9. The molecule has 142 valence electrons. The van der Waals surface area contributed by atoms with Crippen LogP contribution in [0.2, 0.25) is 10.0 Å². The summed E-state index contributed by atoms with van der Waals surface area (Å²) in [4.78, 5) is 21.5. The Morgan fingerprint density at radius 1 is 1.11 bits per heavy atom. The normalized spacial score (nSPS) is 11.2. The van der Waals surface area contributed by atoms with E-state index < -0.39 is 0 Å². The number of halogens is 2. The summed E-state index contributed by atoms with van der Waals surface area (Å²) in [7, 11) is 5.54. The predicted molar refractivity (Wildman–Crippen MR) is 113 cm³/mol. The second-order valence-corrected chi connectivity index (χ2v) is 8.13. The molecule has 27 heavy (non-hydrogen) atoms. The van der Waals surface area contributed by atoms with Crippen LogP contribution in [0.25, 0.3) is 10.2 Å². The second kappa shape index (κ2) is 8.44. The molecule has 0 saturated heterocycles. The Morgan fingerprint density at radius 2 is 1.81 bits per heavy atom. The number of nitrogens with zero attached hydrogens (tertiary/aromatic N) is 3. The van der Waals surface area contributed by atoms with Crippen LogP contribution in [0.4, 0.5) is 5.13 Å². The predicted octanol–water partition coefficient (Wildman–Crippen LogP) is 4.82. The van der Waals surface area contributed by atoms with E-state index in [9.17, 15) is 4.79 Å². The highest BCUT2D eigenvalue weighted by atomic mass is 35.5. The monoisotopic (exact) mass is 423 g/mol. The second-order valence-electron chi connectivity index (χ2n) is 6.25. The first kappa shape index (κ1) is 19.9. The van der Waals surface area contributed by atoms with E-state index in [1.807, 2.05) is 37.2 Å². The fourth-order valence-electron chi connectivity index (χ4n) is 2.55. The lowest BCUT2D eigenvalue weighted by atomic mass is 10.2. The third-order valence-electron chi connectivity index (χ3n) is 3.94. The minimum absolute atomic E-state index is 0.188. The molecule has 0 atom stereocenters. The summed E-state index contributed by atoms with van der Waals surface area (Å²) in [6.45, 7) is 1.19. The zero-order valence-corrected chi connectivity index (χ0v) is 17.5. The van der Waals surface area contributed by atoms with E-state index in [0.717, 1.165) is 16.0 Å². The zero-order valence-electron chi connectivity index (χ0n) is 15.2. The number of hydrogen-bond acceptors (Lipinski definition) is 5. The summed E-state index contributed by atoms with van der Waals surface area (Å²) < 4.78 is 6.23. The molecule has 2 aromatic carbocycles. The molecule has 1 amide bonds. The van der Waals surface area contributed by atoms with Crippen LogP contribution in [-0.2, 0) is 0 Å². The molecule has 5 nitrogen and oxygen atoms in total. The first-order valence-electron chi connectivity index (χ1n) is 8.24. The zero-order chi connectivity index (χ0) is 19.6. The van der Waals surface area contributed by atoms with E-state index in [0.29, 0.717) is 33.8 Å². The largest absolute Gasteiger partial charge is 0.497 e. The Hall–Kier alpha value is -1.86. The van der Waals surface area contributed by atoms with Gasteiger partial charge in [0.25, 0.3) is 5.91 Å². The minimum Gasteiger partial charge on any atom is -0.497 e. The fraction of sp³-hybridized carbons (Fsp3) is 0.263. The van der Waals surface area contributed by atoms with E-state index in [4.69, 9.17) is 27.9 Å². The number of fused-ring (bicyclic) bond motifs is 1. The van der Waals surface area contributed by atoms with Gasteiger partial charge in [0.15, 0.2) is 5.13 Å². The van der Waals surface area contributed by atoms with Crippen LogP contribution in [0.1, 0.15) is 10.4 Å². The number of amides is 1. The number of hydrogen-bond donors (Lipinski definition) is 0. The van der Waals surface area contributed by atoms with Crippen molar-refractivity contribution >= 4 is 55.8 Å². The van der Waals surface area contributed by atoms with Crippen LogP contribution < -0.4 is 9.64 Å². The molecule has 3 rings (SSSR count). The summed E-state index contributed by atoms with van der Waals surface area (Å²) in [6, 6.07) is 10.5. The number of aromatic nitrogens is 1. The van der Waals surface area contributed by atoms with Gasteiger partial charge in [-0.3, -0.25) is 9.69 Å². The van der Waals surface area contributed by atoms with Crippen LogP contribution in [0, 0.1) is 0 Å². The van der Waals surface area contributed by atoms with Crippen molar-refractivity contribution < 1.29 is 9.53 Å². The van der Waals surface area contributed by atoms with Gasteiger partial charge in [-0.15, -0.1) is 0 Å². The molecule has 0 radical (unpaired) electrons. The van der Waals surface area contributed by atoms with Gasteiger partial charge in [-0.1, -0.05) is 34.5 Å². The highest BCUT2D eigenvalue weighted by molar-refractivity contribution is 7.22. The van der Waals surface area contributed by atoms with Crippen molar-refractivity contribution in [1.82, 2.24) is 9.88 Å². The Kier molecular flexibility index (Phi) is 6.22. The molecule has 0 N–H and O–H groups in total. The van der Waals surface area contributed by atoms with Gasteiger partial charge in [-0.05, 0) is 50.5 Å². The Bertz CT molecular complexity index is 954. The van der Waals surface area contributed by atoms with Crippen LogP contribution in [0.3, 0.4) is 0 Å². The Labute approximate surface area is 172 Å². The van der Waals surface area contributed by atoms with Gasteiger partial charge in [-0.2, -0.15) is 0 Å². The summed E-state index contributed by atoms with van der Waals surface area (Å²) in [5.74, 6) is 0.567. The number of likely N-dealkylation sites (N-methyl/N-ethyl adjacent to an activating group) is 1. The molecule has 0 aliphatic carbocycles. The standard InChI is InChI=1S/C19H19Cl2N3O2S/c1-23(2)6-7-24(18(25)12-8-13(20)10-14(21)9-12)19-22-16-5-4-15(26-3)11-17(16)27-19/h4-5,8-11H,6-7H2,1-3H3. The summed E-state index contributed by atoms with van der Waals surface area (Å²) in [5, 5.41) is 1.47. The Balaban J connectivity index is 2.01. The van der Waals surface area contributed by atoms with Crippen LogP contribution in [0.15, 0.2) is 36.4 Å². The van der Waals surface area contributed by atoms with Gasteiger partial charge in [0.1, 0.15) is 5.75 Å². The summed E-state index contributed by atoms with van der Waals surface area (Å²) in [6.07, 6.45) is 0. The number of benzene rings is 2. The lowest BCUT2D eigenvalue weighted by Crippen LogP contribution is -2.36. The van der Waals surface area contributed by atoms with Crippen molar-refractivity contribution in [1.29, 1.82) is 0 Å². The number of thiazole rings is 1. The van der Waals surface area contributed by atoms with Crippen LogP contribution >= 0.6 is 34.5 Å². The molecule has 0 unspecified atom stereocenters. The maximum Gasteiger partial charge on any atom is 0.260 e. The maximum absolute atomic E-state index is 13.2. The van der Waals surface area contributed by atoms with Crippen LogP contribution in [-0.4, -0.2) is 50.1 Å². The quantitative estimate of drug-likeness (QED) is 0.569. The molecule has 1 heterocycles. The molecular formula is C19H19Cl2N3O2S. The first-order valence-corrected chi connectivity index (χ1v) is 9.82. The Morgan fingerprint density at radius 3 is 2.44 bits per heavy atom. The van der Waals surface area contributed by atoms with Crippen molar-refractivity contribution in [2.24, 2.45) is 0 Å². The molecule has 0 bridgehead atoms. The summed E-state index contributed by atoms with van der Waals surface area (Å²) >= 11 is 13.6. The maximum atomic E-state index is 13.2. The lowest BCUT2D eigenvalue weighted by molar-refractivity contribution is 0.0985. The fourth-order valence-corrected chi connectivity index (χ4v) is 4.10. The van der Waals surface area contributed by atoms with Crippen molar-refractivity contribution in [2.45, 2.75) is 0 Å². The van der Waals surface area contributed by atoms with Gasteiger partial charge in [0.2, 0.25) is 0 Å². The van der Waals surface area contributed by atoms with Crippen molar-refractivity contribution in [3.8, 4) is 5.75 Å². The molecular weight excluding hydrogens is 405 g/mol. The van der Waals surface area contributed by atoms with Crippen molar-refractivity contribution in [2.75, 3.05) is 39.2 Å². The molecule has 8 heteroatoms. The average molecular weight is 424 g/mol. The SMILES string of the molecule is COc1ccc2nc(N(CCN(C)C)C(=O)c3cc(Cl)cc(Cl)c3)sc2c1. The topological polar surface area (TPSA) is 45.7 Å². The molecule has 0 aliphatic heterocycles. The molecule has 1 aromatic heterocycles. The van der Waals surface area contributed by atoms with E-state index in [1.54, 1.807) is 30.2 Å². The van der Waals surface area contributed by atoms with Gasteiger partial charge in [-0.25, -0.2) is 4.98 Å². The third-order valence-corrected chi connectivity index (χ3v) is 5.42. The number of anilines is 1. The van der Waals surface area contributed by atoms with Gasteiger partial charge < -0.3 is 9.64 Å². The number of rotatable bonds is 6. The summed E-state index contributed by atoms with van der Waals surface area (Å²) in [5.41, 5.74) is 1.26. The third kappa shape index (κ3) is 4.71. The number of ether oxygens (including phenoxy) is 1. The molecule has 0 aliphatic rings. The number of carbonyl (C=O) groups is 1. The minimum atomic E-state index is -0.188. The van der Waals surface area contributed by atoms with Crippen molar-refractivity contribution in [3.63, 3.8) is 0 Å². The molecule has 0 spiro atoms. The van der Waals surface area contributed by atoms with E-state index in [-0.39, 0.29) is 5.91 Å². The smallest absolute Gasteiger partial charge is 0.260 e. The van der Waals surface area contributed by atoms with Crippen LogP contribution in [0.5, 0.6) is 5.75 Å². The highest BCUT2D eigenvalue weighted by Gasteiger charge is 2.22. The molecule has 0 fully saturated rings.